The van der Waals surface area contributed by atoms with Crippen LogP contribution in [-0.4, -0.2) is 40.7 Å². The van der Waals surface area contributed by atoms with Gasteiger partial charge in [0.2, 0.25) is 0 Å². The Hall–Kier alpha value is -1.17. The third kappa shape index (κ3) is 4.16. The van der Waals surface area contributed by atoms with Crippen LogP contribution in [0.15, 0.2) is 17.1 Å². The summed E-state index contributed by atoms with van der Waals surface area (Å²) in [5.41, 5.74) is 7.55. The number of unbranched alkanes of at least 4 members (excludes halogenated alkanes) is 1. The van der Waals surface area contributed by atoms with Crippen LogP contribution in [0.3, 0.4) is 0 Å². The van der Waals surface area contributed by atoms with E-state index in [0.29, 0.717) is 6.54 Å². The number of piperidine rings is 1. The maximum absolute atomic E-state index is 12.0. The van der Waals surface area contributed by atoms with Gasteiger partial charge < -0.3 is 15.8 Å². The molecule has 1 aliphatic heterocycles. The topological polar surface area (TPSA) is 82.3 Å². The molecule has 112 valence electrons. The summed E-state index contributed by atoms with van der Waals surface area (Å²) in [6.45, 7) is 3.27. The van der Waals surface area contributed by atoms with Crippen LogP contribution >= 0.6 is 0 Å². The zero-order chi connectivity index (χ0) is 14.4. The molecule has 20 heavy (non-hydrogen) atoms. The zero-order valence-electron chi connectivity index (χ0n) is 12.0. The molecule has 1 fully saturated rings. The van der Waals surface area contributed by atoms with E-state index in [2.05, 4.69) is 9.88 Å². The van der Waals surface area contributed by atoms with E-state index in [1.807, 2.05) is 6.07 Å². The molecule has 2 heterocycles. The lowest BCUT2D eigenvalue weighted by atomic mass is 10.0. The summed E-state index contributed by atoms with van der Waals surface area (Å²) in [7, 11) is 0. The number of hydrogen-bond acceptors (Lipinski definition) is 4. The maximum Gasteiger partial charge on any atom is 0.251 e. The number of H-pyrrole nitrogens is 1. The van der Waals surface area contributed by atoms with Crippen LogP contribution in [0.25, 0.3) is 0 Å². The van der Waals surface area contributed by atoms with Gasteiger partial charge in [0.15, 0.2) is 0 Å². The minimum absolute atomic E-state index is 0.0246. The second kappa shape index (κ2) is 7.57. The van der Waals surface area contributed by atoms with Crippen molar-refractivity contribution in [2.45, 2.75) is 44.8 Å². The Labute approximate surface area is 119 Å². The van der Waals surface area contributed by atoms with Gasteiger partial charge in [-0.3, -0.25) is 9.69 Å². The number of likely N-dealkylation sites (tertiary alicyclic amines) is 1. The van der Waals surface area contributed by atoms with E-state index < -0.39 is 0 Å². The van der Waals surface area contributed by atoms with E-state index in [1.165, 1.54) is 0 Å². The van der Waals surface area contributed by atoms with E-state index in [4.69, 9.17) is 5.73 Å². The lowest BCUT2D eigenvalue weighted by Crippen LogP contribution is -2.36. The Morgan fingerprint density at radius 1 is 1.35 bits per heavy atom. The largest absolute Gasteiger partial charge is 0.393 e. The van der Waals surface area contributed by atoms with Crippen molar-refractivity contribution in [1.29, 1.82) is 0 Å². The van der Waals surface area contributed by atoms with Crippen molar-refractivity contribution in [2.24, 2.45) is 5.73 Å². The second-order valence-corrected chi connectivity index (χ2v) is 5.56. The van der Waals surface area contributed by atoms with Gasteiger partial charge in [-0.2, -0.15) is 0 Å². The van der Waals surface area contributed by atoms with Crippen molar-refractivity contribution in [1.82, 2.24) is 9.88 Å². The minimum Gasteiger partial charge on any atom is -0.393 e. The summed E-state index contributed by atoms with van der Waals surface area (Å²) in [5, 5.41) is 9.54. The summed E-state index contributed by atoms with van der Waals surface area (Å²) >= 11 is 0. The number of nitrogens with one attached hydrogen (secondary N) is 1. The molecule has 1 aliphatic rings. The Kier molecular flexibility index (Phi) is 5.76. The summed E-state index contributed by atoms with van der Waals surface area (Å²) in [4.78, 5) is 17.1. The van der Waals surface area contributed by atoms with E-state index >= 15 is 0 Å². The van der Waals surface area contributed by atoms with Gasteiger partial charge in [-0.1, -0.05) is 0 Å². The van der Waals surface area contributed by atoms with Crippen LogP contribution in [0.5, 0.6) is 0 Å². The number of aliphatic hydroxyl groups excluding tert-OH is 1. The van der Waals surface area contributed by atoms with Crippen LogP contribution in [-0.2, 0) is 13.0 Å². The average molecular weight is 279 g/mol. The smallest absolute Gasteiger partial charge is 0.251 e. The van der Waals surface area contributed by atoms with Gasteiger partial charge >= 0.3 is 0 Å². The maximum atomic E-state index is 12.0. The molecule has 1 saturated heterocycles. The molecule has 0 bridgehead atoms. The molecule has 0 spiro atoms. The van der Waals surface area contributed by atoms with E-state index in [-0.39, 0.29) is 11.7 Å². The molecule has 1 aromatic heterocycles. The molecule has 1 aromatic rings. The molecular weight excluding hydrogens is 254 g/mol. The highest BCUT2D eigenvalue weighted by molar-refractivity contribution is 5.23. The third-order valence-electron chi connectivity index (χ3n) is 3.99. The molecule has 0 aliphatic carbocycles. The van der Waals surface area contributed by atoms with Gasteiger partial charge in [-0.05, 0) is 50.3 Å². The summed E-state index contributed by atoms with van der Waals surface area (Å²) in [6, 6.07) is 2.00. The van der Waals surface area contributed by atoms with Crippen LogP contribution in [0, 0.1) is 0 Å². The highest BCUT2D eigenvalue weighted by Crippen LogP contribution is 2.15. The number of nitrogens with two attached hydrogens (primary N) is 1. The van der Waals surface area contributed by atoms with Crippen molar-refractivity contribution in [3.63, 3.8) is 0 Å². The predicted molar refractivity (Wildman–Crippen MR) is 79.6 cm³/mol. The highest BCUT2D eigenvalue weighted by Gasteiger charge is 2.18. The predicted octanol–water partition coefficient (Wildman–Crippen LogP) is 0.613. The first-order valence-corrected chi connectivity index (χ1v) is 7.50. The first-order chi connectivity index (χ1) is 9.70. The molecule has 0 atom stereocenters. The fourth-order valence-electron chi connectivity index (χ4n) is 2.74. The lowest BCUT2D eigenvalue weighted by Gasteiger charge is -2.29. The number of aromatic nitrogens is 1. The minimum atomic E-state index is -0.158. The zero-order valence-corrected chi connectivity index (χ0v) is 12.0. The molecule has 2 rings (SSSR count). The highest BCUT2D eigenvalue weighted by atomic mass is 16.3. The van der Waals surface area contributed by atoms with Crippen LogP contribution in [0.1, 0.15) is 36.8 Å². The summed E-state index contributed by atoms with van der Waals surface area (Å²) < 4.78 is 0. The molecule has 0 aromatic carbocycles. The molecule has 0 radical (unpaired) electrons. The lowest BCUT2D eigenvalue weighted by molar-refractivity contribution is 0.0791. The number of aromatic amines is 1. The first-order valence-electron chi connectivity index (χ1n) is 7.50. The number of pyridine rings is 1. The molecule has 5 heteroatoms. The van der Waals surface area contributed by atoms with Gasteiger partial charge in [0, 0.05) is 31.4 Å². The Bertz CT molecular complexity index is 464. The fraction of sp³-hybridized carbons (Fsp3) is 0.667. The number of hydrogen-bond donors (Lipinski definition) is 3. The monoisotopic (exact) mass is 279 g/mol. The average Bonchev–Trinajstić information content (AvgIpc) is 2.44. The van der Waals surface area contributed by atoms with Gasteiger partial charge in [-0.25, -0.2) is 0 Å². The van der Waals surface area contributed by atoms with Gasteiger partial charge in [0.1, 0.15) is 0 Å². The van der Waals surface area contributed by atoms with Crippen molar-refractivity contribution in [3.8, 4) is 0 Å². The summed E-state index contributed by atoms with van der Waals surface area (Å²) in [6.07, 6.45) is 5.91. The van der Waals surface area contributed by atoms with Crippen molar-refractivity contribution in [2.75, 3.05) is 19.6 Å². The molecule has 0 amide bonds. The Morgan fingerprint density at radius 3 is 2.80 bits per heavy atom. The first kappa shape index (κ1) is 15.2. The molecule has 0 saturated carbocycles. The molecular formula is C15H25N3O2. The Balaban J connectivity index is 2.02. The number of aliphatic hydroxyl groups is 1. The normalized spacial score (nSPS) is 17.5. The van der Waals surface area contributed by atoms with E-state index in [1.54, 1.807) is 6.20 Å². The standard InChI is InChI=1S/C15H25N3O2/c16-7-2-1-3-14-12(4-8-17-15(14)20)11-18-9-5-13(19)6-10-18/h4,8,13,19H,1-3,5-7,9-11,16H2,(H,17,20). The van der Waals surface area contributed by atoms with Crippen LogP contribution in [0.2, 0.25) is 0 Å². The van der Waals surface area contributed by atoms with Gasteiger partial charge in [0.05, 0.1) is 6.10 Å². The second-order valence-electron chi connectivity index (χ2n) is 5.56. The summed E-state index contributed by atoms with van der Waals surface area (Å²) in [5.74, 6) is 0. The van der Waals surface area contributed by atoms with Gasteiger partial charge in [-0.15, -0.1) is 0 Å². The van der Waals surface area contributed by atoms with Crippen molar-refractivity contribution in [3.05, 3.63) is 33.7 Å². The van der Waals surface area contributed by atoms with Crippen molar-refractivity contribution < 1.29 is 5.11 Å². The van der Waals surface area contributed by atoms with Crippen LogP contribution < -0.4 is 11.3 Å². The van der Waals surface area contributed by atoms with Crippen molar-refractivity contribution >= 4 is 0 Å². The quantitative estimate of drug-likeness (QED) is 0.666. The molecule has 0 unspecified atom stereocenters. The molecule has 5 nitrogen and oxygen atoms in total. The van der Waals surface area contributed by atoms with E-state index in [0.717, 1.165) is 62.9 Å². The Morgan fingerprint density at radius 2 is 2.10 bits per heavy atom. The van der Waals surface area contributed by atoms with Crippen LogP contribution in [0.4, 0.5) is 0 Å². The van der Waals surface area contributed by atoms with E-state index in [9.17, 15) is 9.90 Å². The van der Waals surface area contributed by atoms with Gasteiger partial charge in [0.25, 0.3) is 5.56 Å². The number of rotatable bonds is 6. The SMILES string of the molecule is NCCCCc1c(CN2CCC(O)CC2)cc[nH]c1=O. The number of nitrogens with zero attached hydrogens (tertiary/aromatic N) is 1. The fourth-order valence-corrected chi connectivity index (χ4v) is 2.74. The molecule has 4 N–H and O–H groups in total. The third-order valence-corrected chi connectivity index (χ3v) is 3.99.